The molecule has 5 heteroatoms. The van der Waals surface area contributed by atoms with Crippen LogP contribution >= 0.6 is 0 Å². The molecular formula is C21H24N2O3. The first-order valence-corrected chi connectivity index (χ1v) is 8.93. The second kappa shape index (κ2) is 8.25. The molecular weight excluding hydrogens is 328 g/mol. The number of hydrogen-bond donors (Lipinski definition) is 1. The first-order valence-electron chi connectivity index (χ1n) is 8.93. The number of piperazine rings is 1. The van der Waals surface area contributed by atoms with Crippen LogP contribution in [0.3, 0.4) is 0 Å². The molecule has 0 radical (unpaired) electrons. The van der Waals surface area contributed by atoms with Gasteiger partial charge in [0.2, 0.25) is 0 Å². The van der Waals surface area contributed by atoms with Gasteiger partial charge in [0.1, 0.15) is 0 Å². The van der Waals surface area contributed by atoms with E-state index in [4.69, 9.17) is 5.11 Å². The Kier molecular flexibility index (Phi) is 5.81. The van der Waals surface area contributed by atoms with Crippen LogP contribution in [0.4, 0.5) is 0 Å². The van der Waals surface area contributed by atoms with Crippen LogP contribution in [0.1, 0.15) is 31.8 Å². The fourth-order valence-corrected chi connectivity index (χ4v) is 3.21. The van der Waals surface area contributed by atoms with Crippen molar-refractivity contribution < 1.29 is 14.7 Å². The fourth-order valence-electron chi connectivity index (χ4n) is 3.21. The number of β-amino-alcohol motifs (C(OH)–C–C–N with tert-alkyl or cyclic N) is 1. The lowest BCUT2D eigenvalue weighted by molar-refractivity contribution is 0.0612. The zero-order chi connectivity index (χ0) is 18.5. The quantitative estimate of drug-likeness (QED) is 0.836. The van der Waals surface area contributed by atoms with E-state index in [1.807, 2.05) is 19.1 Å². The SMILES string of the molecule is Cc1ccc(C(=O)c2ccccc2C(=O)N2CCN(CCO)CC2)cc1. The van der Waals surface area contributed by atoms with Gasteiger partial charge in [0, 0.05) is 43.9 Å². The molecule has 26 heavy (non-hydrogen) atoms. The highest BCUT2D eigenvalue weighted by atomic mass is 16.3. The van der Waals surface area contributed by atoms with E-state index < -0.39 is 0 Å². The third-order valence-electron chi connectivity index (χ3n) is 4.79. The van der Waals surface area contributed by atoms with Crippen molar-refractivity contribution in [3.05, 3.63) is 70.8 Å². The average molecular weight is 352 g/mol. The number of ketones is 1. The van der Waals surface area contributed by atoms with Crippen LogP contribution in [0, 0.1) is 6.92 Å². The molecule has 0 spiro atoms. The van der Waals surface area contributed by atoms with Gasteiger partial charge in [-0.05, 0) is 13.0 Å². The zero-order valence-electron chi connectivity index (χ0n) is 15.0. The van der Waals surface area contributed by atoms with E-state index in [9.17, 15) is 9.59 Å². The van der Waals surface area contributed by atoms with Gasteiger partial charge in [0.15, 0.2) is 5.78 Å². The molecule has 0 bridgehead atoms. The summed E-state index contributed by atoms with van der Waals surface area (Å²) >= 11 is 0. The Hall–Kier alpha value is -2.50. The molecule has 3 rings (SSSR count). The maximum Gasteiger partial charge on any atom is 0.254 e. The van der Waals surface area contributed by atoms with E-state index in [0.29, 0.717) is 36.3 Å². The molecule has 1 saturated heterocycles. The second-order valence-electron chi connectivity index (χ2n) is 6.60. The van der Waals surface area contributed by atoms with E-state index in [1.165, 1.54) is 0 Å². The first-order chi connectivity index (χ1) is 12.6. The largest absolute Gasteiger partial charge is 0.395 e. The molecule has 0 unspecified atom stereocenters. The van der Waals surface area contributed by atoms with Crippen molar-refractivity contribution in [1.29, 1.82) is 0 Å². The van der Waals surface area contributed by atoms with Crippen LogP contribution in [-0.2, 0) is 0 Å². The second-order valence-corrected chi connectivity index (χ2v) is 6.60. The normalized spacial score (nSPS) is 15.1. The van der Waals surface area contributed by atoms with Crippen molar-refractivity contribution in [2.24, 2.45) is 0 Å². The molecule has 1 amide bonds. The van der Waals surface area contributed by atoms with Crippen LogP contribution in [0.25, 0.3) is 0 Å². The molecule has 0 saturated carbocycles. The summed E-state index contributed by atoms with van der Waals surface area (Å²) in [4.78, 5) is 29.8. The van der Waals surface area contributed by atoms with E-state index in [0.717, 1.165) is 18.7 Å². The molecule has 5 nitrogen and oxygen atoms in total. The number of amides is 1. The van der Waals surface area contributed by atoms with Crippen LogP contribution < -0.4 is 0 Å². The standard InChI is InChI=1S/C21H24N2O3/c1-16-6-8-17(9-7-16)20(25)18-4-2-3-5-19(18)21(26)23-12-10-22(11-13-23)14-15-24/h2-9,24H,10-15H2,1H3. The molecule has 136 valence electrons. The third-order valence-corrected chi connectivity index (χ3v) is 4.79. The Balaban J connectivity index is 1.80. The summed E-state index contributed by atoms with van der Waals surface area (Å²) in [7, 11) is 0. The summed E-state index contributed by atoms with van der Waals surface area (Å²) in [5.74, 6) is -0.238. The molecule has 2 aromatic rings. The summed E-state index contributed by atoms with van der Waals surface area (Å²) in [6.45, 7) is 5.41. The van der Waals surface area contributed by atoms with Crippen LogP contribution in [0.5, 0.6) is 0 Å². The summed E-state index contributed by atoms with van der Waals surface area (Å²) in [5, 5.41) is 9.03. The molecule has 1 heterocycles. The van der Waals surface area contributed by atoms with Gasteiger partial charge in [-0.2, -0.15) is 0 Å². The molecule has 1 aliphatic rings. The Morgan fingerprint density at radius 3 is 2.15 bits per heavy atom. The predicted molar refractivity (Wildman–Crippen MR) is 100 cm³/mol. The minimum Gasteiger partial charge on any atom is -0.395 e. The van der Waals surface area contributed by atoms with Crippen LogP contribution in [0.15, 0.2) is 48.5 Å². The third kappa shape index (κ3) is 4.00. The van der Waals surface area contributed by atoms with E-state index in [2.05, 4.69) is 4.90 Å². The number of benzene rings is 2. The number of aliphatic hydroxyl groups is 1. The first kappa shape index (κ1) is 18.3. The summed E-state index contributed by atoms with van der Waals surface area (Å²) in [5.41, 5.74) is 2.57. The maximum absolute atomic E-state index is 13.0. The molecule has 0 aliphatic carbocycles. The number of nitrogens with zero attached hydrogens (tertiary/aromatic N) is 2. The summed E-state index contributed by atoms with van der Waals surface area (Å²) in [6.07, 6.45) is 0. The summed E-state index contributed by atoms with van der Waals surface area (Å²) in [6, 6.07) is 14.4. The van der Waals surface area contributed by atoms with Gasteiger partial charge in [0.05, 0.1) is 12.2 Å². The highest BCUT2D eigenvalue weighted by molar-refractivity contribution is 6.15. The minimum absolute atomic E-state index is 0.107. The zero-order valence-corrected chi connectivity index (χ0v) is 15.0. The monoisotopic (exact) mass is 352 g/mol. The lowest BCUT2D eigenvalue weighted by Gasteiger charge is -2.34. The van der Waals surface area contributed by atoms with Crippen molar-refractivity contribution in [3.63, 3.8) is 0 Å². The van der Waals surface area contributed by atoms with Gasteiger partial charge in [-0.1, -0.05) is 48.0 Å². The Morgan fingerprint density at radius 1 is 0.923 bits per heavy atom. The van der Waals surface area contributed by atoms with Gasteiger partial charge >= 0.3 is 0 Å². The molecule has 0 aromatic heterocycles. The van der Waals surface area contributed by atoms with Gasteiger partial charge in [-0.15, -0.1) is 0 Å². The molecule has 0 atom stereocenters. The van der Waals surface area contributed by atoms with Crippen molar-refractivity contribution >= 4 is 11.7 Å². The smallest absolute Gasteiger partial charge is 0.254 e. The predicted octanol–water partition coefficient (Wildman–Crippen LogP) is 1.98. The number of aliphatic hydroxyl groups excluding tert-OH is 1. The Bertz CT molecular complexity index is 778. The fraction of sp³-hybridized carbons (Fsp3) is 0.333. The lowest BCUT2D eigenvalue weighted by atomic mass is 9.97. The van der Waals surface area contributed by atoms with Gasteiger partial charge in [-0.3, -0.25) is 14.5 Å². The van der Waals surface area contributed by atoms with Crippen LogP contribution in [-0.4, -0.2) is 65.9 Å². The van der Waals surface area contributed by atoms with E-state index in [-0.39, 0.29) is 18.3 Å². The van der Waals surface area contributed by atoms with Gasteiger partial charge < -0.3 is 10.0 Å². The Labute approximate surface area is 153 Å². The van der Waals surface area contributed by atoms with Crippen LogP contribution in [0.2, 0.25) is 0 Å². The number of rotatable bonds is 5. The Morgan fingerprint density at radius 2 is 1.54 bits per heavy atom. The lowest BCUT2D eigenvalue weighted by Crippen LogP contribution is -2.49. The van der Waals surface area contributed by atoms with E-state index in [1.54, 1.807) is 41.3 Å². The molecule has 1 N–H and O–H groups in total. The van der Waals surface area contributed by atoms with Gasteiger partial charge in [-0.25, -0.2) is 0 Å². The number of carbonyl (C=O) groups excluding carboxylic acids is 2. The molecule has 1 fully saturated rings. The highest BCUT2D eigenvalue weighted by Gasteiger charge is 2.25. The minimum atomic E-state index is -0.132. The van der Waals surface area contributed by atoms with E-state index >= 15 is 0 Å². The topological polar surface area (TPSA) is 60.9 Å². The van der Waals surface area contributed by atoms with Crippen molar-refractivity contribution in [2.45, 2.75) is 6.92 Å². The number of aryl methyl sites for hydroxylation is 1. The number of carbonyl (C=O) groups is 2. The number of hydrogen-bond acceptors (Lipinski definition) is 4. The van der Waals surface area contributed by atoms with Crippen molar-refractivity contribution in [1.82, 2.24) is 9.80 Å². The molecule has 2 aromatic carbocycles. The van der Waals surface area contributed by atoms with Crippen molar-refractivity contribution in [3.8, 4) is 0 Å². The van der Waals surface area contributed by atoms with Gasteiger partial charge in [0.25, 0.3) is 5.91 Å². The highest BCUT2D eigenvalue weighted by Crippen LogP contribution is 2.18. The molecule has 1 aliphatic heterocycles. The maximum atomic E-state index is 13.0. The van der Waals surface area contributed by atoms with Crippen molar-refractivity contribution in [2.75, 3.05) is 39.3 Å². The average Bonchev–Trinajstić information content (AvgIpc) is 2.68. The summed E-state index contributed by atoms with van der Waals surface area (Å²) < 4.78 is 0.